The smallest absolute Gasteiger partial charge is 0.224 e. The van der Waals surface area contributed by atoms with Crippen molar-refractivity contribution >= 4 is 9.84 Å². The number of benzene rings is 1. The number of aromatic nitrogens is 1. The van der Waals surface area contributed by atoms with E-state index < -0.39 is 21.5 Å². The summed E-state index contributed by atoms with van der Waals surface area (Å²) in [5.41, 5.74) is 0.0106. The summed E-state index contributed by atoms with van der Waals surface area (Å²) in [6.07, 6.45) is 0.886. The van der Waals surface area contributed by atoms with E-state index in [0.717, 1.165) is 18.3 Å². The minimum absolute atomic E-state index is 0.0292. The van der Waals surface area contributed by atoms with E-state index in [1.807, 2.05) is 0 Å². The first-order chi connectivity index (χ1) is 9.33. The number of sulfone groups is 1. The van der Waals surface area contributed by atoms with Crippen LogP contribution in [0.1, 0.15) is 6.92 Å². The summed E-state index contributed by atoms with van der Waals surface area (Å²) >= 11 is 0. The summed E-state index contributed by atoms with van der Waals surface area (Å²) in [7, 11) is -3.50. The summed E-state index contributed by atoms with van der Waals surface area (Å²) in [6.45, 7) is 1.46. The number of halogens is 2. The Bertz CT molecular complexity index is 740. The van der Waals surface area contributed by atoms with E-state index >= 15 is 0 Å². The second-order valence-corrected chi connectivity index (χ2v) is 6.42. The number of hydrogen-bond acceptors (Lipinski definition) is 3. The molecular formula is C13H11F2NO3S. The average molecular weight is 299 g/mol. The van der Waals surface area contributed by atoms with Crippen molar-refractivity contribution in [2.75, 3.05) is 5.75 Å². The largest absolute Gasteiger partial charge is 0.618 e. The van der Waals surface area contributed by atoms with Crippen LogP contribution in [0.3, 0.4) is 0 Å². The highest BCUT2D eigenvalue weighted by Gasteiger charge is 2.18. The molecule has 0 saturated carbocycles. The molecule has 1 aromatic carbocycles. The van der Waals surface area contributed by atoms with Gasteiger partial charge in [0.2, 0.25) is 5.69 Å². The molecule has 0 radical (unpaired) electrons. The minimum Gasteiger partial charge on any atom is -0.618 e. The van der Waals surface area contributed by atoms with Crippen LogP contribution in [-0.4, -0.2) is 14.2 Å². The molecular weight excluding hydrogens is 288 g/mol. The van der Waals surface area contributed by atoms with Crippen molar-refractivity contribution < 1.29 is 21.9 Å². The first kappa shape index (κ1) is 14.4. The first-order valence-corrected chi connectivity index (χ1v) is 7.41. The van der Waals surface area contributed by atoms with E-state index in [2.05, 4.69) is 0 Å². The van der Waals surface area contributed by atoms with Crippen molar-refractivity contribution in [1.29, 1.82) is 0 Å². The van der Waals surface area contributed by atoms with Crippen LogP contribution in [0.5, 0.6) is 0 Å². The Morgan fingerprint density at radius 3 is 2.25 bits per heavy atom. The van der Waals surface area contributed by atoms with Gasteiger partial charge in [0.15, 0.2) is 16.0 Å². The van der Waals surface area contributed by atoms with Crippen molar-refractivity contribution in [2.24, 2.45) is 0 Å². The Kier molecular flexibility index (Phi) is 3.71. The zero-order valence-corrected chi connectivity index (χ0v) is 11.3. The fourth-order valence-electron chi connectivity index (χ4n) is 1.74. The van der Waals surface area contributed by atoms with Gasteiger partial charge in [-0.25, -0.2) is 17.2 Å². The molecule has 0 saturated heterocycles. The van der Waals surface area contributed by atoms with E-state index in [0.29, 0.717) is 6.07 Å². The van der Waals surface area contributed by atoms with Crippen molar-refractivity contribution in [3.63, 3.8) is 0 Å². The predicted molar refractivity (Wildman–Crippen MR) is 68.5 cm³/mol. The molecule has 2 aromatic rings. The third-order valence-electron chi connectivity index (χ3n) is 2.78. The molecule has 7 heteroatoms. The van der Waals surface area contributed by atoms with Crippen molar-refractivity contribution in [2.45, 2.75) is 11.8 Å². The molecule has 0 fully saturated rings. The quantitative estimate of drug-likeness (QED) is 0.644. The van der Waals surface area contributed by atoms with Crippen LogP contribution in [-0.2, 0) is 9.84 Å². The highest BCUT2D eigenvalue weighted by molar-refractivity contribution is 7.91. The van der Waals surface area contributed by atoms with E-state index in [4.69, 9.17) is 0 Å². The third-order valence-corrected chi connectivity index (χ3v) is 4.50. The molecule has 0 spiro atoms. The van der Waals surface area contributed by atoms with Gasteiger partial charge in [0, 0.05) is 12.1 Å². The molecule has 4 nitrogen and oxygen atoms in total. The average Bonchev–Trinajstić information content (AvgIpc) is 2.37. The molecule has 0 N–H and O–H groups in total. The van der Waals surface area contributed by atoms with Crippen molar-refractivity contribution in [3.05, 3.63) is 53.4 Å². The van der Waals surface area contributed by atoms with Gasteiger partial charge in [-0.1, -0.05) is 6.92 Å². The Balaban J connectivity index is 2.55. The van der Waals surface area contributed by atoms with Gasteiger partial charge >= 0.3 is 0 Å². The molecule has 0 atom stereocenters. The maximum Gasteiger partial charge on any atom is 0.224 e. The molecule has 0 unspecified atom stereocenters. The molecule has 106 valence electrons. The summed E-state index contributed by atoms with van der Waals surface area (Å²) < 4.78 is 49.8. The summed E-state index contributed by atoms with van der Waals surface area (Å²) in [6, 6.07) is 5.16. The number of pyridine rings is 1. The summed E-state index contributed by atoms with van der Waals surface area (Å²) in [5, 5.41) is 11.8. The van der Waals surface area contributed by atoms with Crippen LogP contribution in [0.2, 0.25) is 0 Å². The highest BCUT2D eigenvalue weighted by Crippen LogP contribution is 2.20. The number of rotatable bonds is 3. The Hall–Kier alpha value is -2.02. The van der Waals surface area contributed by atoms with E-state index in [-0.39, 0.29) is 26.6 Å². The lowest BCUT2D eigenvalue weighted by molar-refractivity contribution is -0.595. The zero-order chi connectivity index (χ0) is 14.9. The van der Waals surface area contributed by atoms with E-state index in [9.17, 15) is 22.4 Å². The van der Waals surface area contributed by atoms with Crippen LogP contribution in [0.4, 0.5) is 8.78 Å². The van der Waals surface area contributed by atoms with Crippen molar-refractivity contribution in [3.8, 4) is 11.3 Å². The predicted octanol–water partition coefficient (Wildman–Crippen LogP) is 2.06. The Morgan fingerprint density at radius 1 is 1.15 bits per heavy atom. The van der Waals surface area contributed by atoms with Gasteiger partial charge in [0.1, 0.15) is 16.5 Å². The Labute approximate surface area is 114 Å². The molecule has 1 aromatic heterocycles. The molecule has 0 aliphatic rings. The molecule has 0 aliphatic carbocycles. The third kappa shape index (κ3) is 2.77. The standard InChI is InChI=1S/C13H11F2NO3S/c1-2-20(18,19)12-3-4-13(16(17)8-12)9-5-10(14)7-11(15)6-9/h3-8H,2H2,1H3. The summed E-state index contributed by atoms with van der Waals surface area (Å²) in [5.74, 6) is -1.77. The lowest BCUT2D eigenvalue weighted by atomic mass is 10.1. The fourth-order valence-corrected chi connectivity index (χ4v) is 2.60. The maximum absolute atomic E-state index is 13.1. The fraction of sp³-hybridized carbons (Fsp3) is 0.154. The molecule has 0 amide bonds. The van der Waals surface area contributed by atoms with Gasteiger partial charge in [-0.3, -0.25) is 0 Å². The van der Waals surface area contributed by atoms with Gasteiger partial charge in [0.25, 0.3) is 0 Å². The minimum atomic E-state index is -3.50. The molecule has 1 heterocycles. The first-order valence-electron chi connectivity index (χ1n) is 5.76. The van der Waals surface area contributed by atoms with Crippen molar-refractivity contribution in [1.82, 2.24) is 0 Å². The highest BCUT2D eigenvalue weighted by atomic mass is 32.2. The van der Waals surface area contributed by atoms with E-state index in [1.165, 1.54) is 19.1 Å². The zero-order valence-electron chi connectivity index (χ0n) is 10.5. The second kappa shape index (κ2) is 5.16. The molecule has 0 aliphatic heterocycles. The van der Waals surface area contributed by atoms with Gasteiger partial charge in [-0.15, -0.1) is 0 Å². The van der Waals surface area contributed by atoms with Crippen LogP contribution in [0.25, 0.3) is 11.3 Å². The number of hydrogen-bond donors (Lipinski definition) is 0. The lowest BCUT2D eigenvalue weighted by Crippen LogP contribution is -2.30. The van der Waals surface area contributed by atoms with Gasteiger partial charge < -0.3 is 5.21 Å². The monoisotopic (exact) mass is 299 g/mol. The molecule has 0 bridgehead atoms. The lowest BCUT2D eigenvalue weighted by Gasteiger charge is -2.07. The number of nitrogens with zero attached hydrogens (tertiary/aromatic N) is 1. The molecule has 20 heavy (non-hydrogen) atoms. The Morgan fingerprint density at radius 2 is 1.75 bits per heavy atom. The van der Waals surface area contributed by atoms with E-state index in [1.54, 1.807) is 0 Å². The maximum atomic E-state index is 13.1. The SMILES string of the molecule is CCS(=O)(=O)c1ccc(-c2cc(F)cc(F)c2)[n+]([O-])c1. The normalized spacial score (nSPS) is 11.6. The second-order valence-electron chi connectivity index (χ2n) is 4.14. The summed E-state index contributed by atoms with van der Waals surface area (Å²) in [4.78, 5) is -0.129. The van der Waals surface area contributed by atoms with Gasteiger partial charge in [0.05, 0.1) is 11.3 Å². The van der Waals surface area contributed by atoms with Crippen LogP contribution >= 0.6 is 0 Å². The van der Waals surface area contributed by atoms with Gasteiger partial charge in [-0.2, -0.15) is 4.73 Å². The van der Waals surface area contributed by atoms with Gasteiger partial charge in [-0.05, 0) is 18.2 Å². The molecule has 2 rings (SSSR count). The topological polar surface area (TPSA) is 61.1 Å². The van der Waals surface area contributed by atoms with Crippen LogP contribution in [0, 0.1) is 16.8 Å². The van der Waals surface area contributed by atoms with Crippen LogP contribution in [0.15, 0.2) is 41.4 Å². The van der Waals surface area contributed by atoms with Crippen LogP contribution < -0.4 is 4.73 Å².